The highest BCUT2D eigenvalue weighted by atomic mass is 16.5. The van der Waals surface area contributed by atoms with Crippen molar-refractivity contribution in [1.29, 1.82) is 0 Å². The van der Waals surface area contributed by atoms with Gasteiger partial charge in [-0.3, -0.25) is 0 Å². The molecule has 0 radical (unpaired) electrons. The Morgan fingerprint density at radius 2 is 0.759 bits per heavy atom. The monoisotopic (exact) mass is 774 g/mol. The van der Waals surface area contributed by atoms with E-state index in [4.69, 9.17) is 18.9 Å². The van der Waals surface area contributed by atoms with E-state index in [-0.39, 0.29) is 0 Å². The van der Waals surface area contributed by atoms with Gasteiger partial charge in [0.25, 0.3) is 0 Å². The van der Waals surface area contributed by atoms with E-state index in [0.29, 0.717) is 13.2 Å². The van der Waals surface area contributed by atoms with E-state index in [2.05, 4.69) is 178 Å². The van der Waals surface area contributed by atoms with Crippen molar-refractivity contribution in [3.63, 3.8) is 0 Å². The predicted octanol–water partition coefficient (Wildman–Crippen LogP) is 13.3. The summed E-state index contributed by atoms with van der Waals surface area (Å²) in [6.45, 7) is 23.0. The van der Waals surface area contributed by atoms with E-state index >= 15 is 0 Å². The molecule has 0 N–H and O–H groups in total. The molecular weight excluding hydrogens is 713 g/mol. The second kappa shape index (κ2) is 17.8. The first-order valence-corrected chi connectivity index (χ1v) is 20.5. The van der Waals surface area contributed by atoms with Crippen LogP contribution in [0.5, 0.6) is 11.5 Å². The van der Waals surface area contributed by atoms with E-state index < -0.39 is 23.0 Å². The van der Waals surface area contributed by atoms with Gasteiger partial charge in [-0.05, 0) is 86.1 Å². The summed E-state index contributed by atoms with van der Waals surface area (Å²) in [5, 5.41) is 0. The van der Waals surface area contributed by atoms with Crippen LogP contribution in [0.4, 0.5) is 0 Å². The van der Waals surface area contributed by atoms with Gasteiger partial charge < -0.3 is 18.9 Å². The summed E-state index contributed by atoms with van der Waals surface area (Å²) in [5.74, 6) is 1.70. The summed E-state index contributed by atoms with van der Waals surface area (Å²) in [6.07, 6.45) is -0.932. The molecule has 58 heavy (non-hydrogen) atoms. The lowest BCUT2D eigenvalue weighted by Crippen LogP contribution is -2.54. The molecule has 0 amide bonds. The molecule has 0 aliphatic rings. The number of para-hydroxylation sites is 2. The lowest BCUT2D eigenvalue weighted by molar-refractivity contribution is -0.138. The van der Waals surface area contributed by atoms with Crippen LogP contribution in [0.2, 0.25) is 0 Å². The molecule has 0 aromatic heterocycles. The van der Waals surface area contributed by atoms with E-state index in [1.54, 1.807) is 14.2 Å². The number of methoxy groups -OCH3 is 2. The first-order chi connectivity index (χ1) is 27.7. The third kappa shape index (κ3) is 8.65. The predicted molar refractivity (Wildman–Crippen MR) is 241 cm³/mol. The zero-order valence-corrected chi connectivity index (χ0v) is 36.7. The number of hydrogen-bond donors (Lipinski definition) is 0. The quantitative estimate of drug-likeness (QED) is 0.104. The number of benzene rings is 6. The molecule has 0 aliphatic carbocycles. The van der Waals surface area contributed by atoms with Crippen molar-refractivity contribution in [2.75, 3.05) is 14.2 Å². The van der Waals surface area contributed by atoms with Gasteiger partial charge in [-0.25, -0.2) is 0 Å². The average molecular weight is 775 g/mol. The van der Waals surface area contributed by atoms with Crippen LogP contribution in [0.25, 0.3) is 22.3 Å². The normalized spacial score (nSPS) is 13.0. The summed E-state index contributed by atoms with van der Waals surface area (Å²) in [5.41, 5.74) is 15.0. The molecule has 2 atom stereocenters. The maximum Gasteiger partial charge on any atom is 0.130 e. The fourth-order valence-electron chi connectivity index (χ4n) is 9.31. The van der Waals surface area contributed by atoms with Gasteiger partial charge in [-0.1, -0.05) is 160 Å². The molecule has 302 valence electrons. The molecular formula is C54H62O4. The Bertz CT molecular complexity index is 2130. The van der Waals surface area contributed by atoms with Crippen molar-refractivity contribution in [2.45, 2.75) is 105 Å². The largest absolute Gasteiger partial charge is 0.496 e. The Labute approximate surface area is 348 Å². The highest BCUT2D eigenvalue weighted by Gasteiger charge is 2.49. The minimum atomic E-state index is -0.629. The minimum Gasteiger partial charge on any atom is -0.496 e. The van der Waals surface area contributed by atoms with Gasteiger partial charge >= 0.3 is 0 Å². The average Bonchev–Trinajstić information content (AvgIpc) is 3.18. The van der Waals surface area contributed by atoms with Gasteiger partial charge in [-0.15, -0.1) is 0 Å². The van der Waals surface area contributed by atoms with Crippen molar-refractivity contribution >= 4 is 0 Å². The fourth-order valence-corrected chi connectivity index (χ4v) is 9.31. The van der Waals surface area contributed by atoms with Gasteiger partial charge in [0.15, 0.2) is 0 Å². The molecule has 0 saturated heterocycles. The van der Waals surface area contributed by atoms with E-state index in [0.717, 1.165) is 44.9 Å². The minimum absolute atomic E-state index is 0.410. The molecule has 6 aromatic rings. The summed E-state index contributed by atoms with van der Waals surface area (Å²) in [7, 11) is 3.58. The fraction of sp³-hybridized carbons (Fsp3) is 0.333. The third-order valence-electron chi connectivity index (χ3n) is 12.0. The van der Waals surface area contributed by atoms with Crippen molar-refractivity contribution < 1.29 is 18.9 Å². The van der Waals surface area contributed by atoms with Gasteiger partial charge in [0.1, 0.15) is 11.5 Å². The standard InChI is InChI=1S/C54H62O4/c1-35-29-37(3)47(38(4)30-35)43-25-19-27-45(49(43)55-11)53(7,8)51(57-33-41-21-15-13-16-22-41)52(58-34-42-23-17-14-18-24-42)54(9,10)46-28-20-26-44(50(46)56-12)48-39(5)31-36(2)32-40(48)6/h13-32,51-52H,33-34H2,1-12H3/t51-,52-/m0/s1. The first kappa shape index (κ1) is 42.4. The van der Waals surface area contributed by atoms with Crippen LogP contribution < -0.4 is 9.47 Å². The third-order valence-corrected chi connectivity index (χ3v) is 12.0. The molecule has 6 rings (SSSR count). The Kier molecular flexibility index (Phi) is 13.0. The maximum atomic E-state index is 7.33. The SMILES string of the molecule is COc1c(-c2c(C)cc(C)cc2C)cccc1C(C)(C)[C@@H](OCc1ccccc1)[C@H](OCc1ccccc1)C(C)(C)c1cccc(-c2c(C)cc(C)cc2C)c1OC. The Morgan fingerprint density at radius 3 is 1.07 bits per heavy atom. The van der Waals surface area contributed by atoms with Crippen LogP contribution in [0.15, 0.2) is 121 Å². The van der Waals surface area contributed by atoms with Crippen molar-refractivity contribution in [3.8, 4) is 33.8 Å². The summed E-state index contributed by atoms with van der Waals surface area (Å²) in [6, 6.07) is 42.9. The zero-order chi connectivity index (χ0) is 41.8. The topological polar surface area (TPSA) is 36.9 Å². The Hall–Kier alpha value is -5.16. The highest BCUT2D eigenvalue weighted by molar-refractivity contribution is 5.79. The van der Waals surface area contributed by atoms with E-state index in [1.807, 2.05) is 12.1 Å². The first-order valence-electron chi connectivity index (χ1n) is 20.5. The number of ether oxygens (including phenoxy) is 4. The van der Waals surface area contributed by atoms with Crippen LogP contribution in [-0.4, -0.2) is 26.4 Å². The Balaban J connectivity index is 1.58. The maximum absolute atomic E-state index is 7.33. The number of aryl methyl sites for hydroxylation is 6. The molecule has 6 aromatic carbocycles. The summed E-state index contributed by atoms with van der Waals surface area (Å²) >= 11 is 0. The van der Waals surface area contributed by atoms with Crippen molar-refractivity contribution in [2.24, 2.45) is 0 Å². The zero-order valence-electron chi connectivity index (χ0n) is 36.7. The van der Waals surface area contributed by atoms with Crippen LogP contribution >= 0.6 is 0 Å². The van der Waals surface area contributed by atoms with Crippen molar-refractivity contribution in [3.05, 3.63) is 177 Å². The number of hydrogen-bond acceptors (Lipinski definition) is 4. The molecule has 0 aliphatic heterocycles. The Morgan fingerprint density at radius 1 is 0.431 bits per heavy atom. The molecule has 4 nitrogen and oxygen atoms in total. The van der Waals surface area contributed by atoms with Crippen LogP contribution in [0, 0.1) is 41.5 Å². The number of rotatable bonds is 15. The van der Waals surface area contributed by atoms with Crippen LogP contribution in [0.3, 0.4) is 0 Å². The van der Waals surface area contributed by atoms with Crippen LogP contribution in [0.1, 0.15) is 83.3 Å². The lowest BCUT2D eigenvalue weighted by atomic mass is 9.67. The smallest absolute Gasteiger partial charge is 0.130 e. The molecule has 0 unspecified atom stereocenters. The second-order valence-electron chi connectivity index (χ2n) is 17.2. The van der Waals surface area contributed by atoms with Crippen LogP contribution in [-0.2, 0) is 33.5 Å². The molecule has 0 saturated carbocycles. The van der Waals surface area contributed by atoms with Gasteiger partial charge in [-0.2, -0.15) is 0 Å². The molecule has 0 heterocycles. The second-order valence-corrected chi connectivity index (χ2v) is 17.2. The van der Waals surface area contributed by atoms with E-state index in [1.165, 1.54) is 44.5 Å². The van der Waals surface area contributed by atoms with Gasteiger partial charge in [0.05, 0.1) is 39.6 Å². The highest BCUT2D eigenvalue weighted by Crippen LogP contribution is 2.49. The van der Waals surface area contributed by atoms with Gasteiger partial charge in [0.2, 0.25) is 0 Å². The van der Waals surface area contributed by atoms with Gasteiger partial charge in [0, 0.05) is 33.1 Å². The molecule has 0 spiro atoms. The summed E-state index contributed by atoms with van der Waals surface area (Å²) in [4.78, 5) is 0. The van der Waals surface area contributed by atoms with E-state index in [9.17, 15) is 0 Å². The molecule has 0 bridgehead atoms. The van der Waals surface area contributed by atoms with Crippen molar-refractivity contribution in [1.82, 2.24) is 0 Å². The summed E-state index contributed by atoms with van der Waals surface area (Å²) < 4.78 is 27.6. The lowest BCUT2D eigenvalue weighted by Gasteiger charge is -2.47. The molecule has 0 fully saturated rings. The molecule has 4 heteroatoms.